The number of hydrogen-bond acceptors (Lipinski definition) is 4. The highest BCUT2D eigenvalue weighted by Crippen LogP contribution is 2.05. The van der Waals surface area contributed by atoms with Crippen LogP contribution >= 0.6 is 0 Å². The summed E-state index contributed by atoms with van der Waals surface area (Å²) in [5.74, 6) is -2.15. The Balaban J connectivity index is 1.91. The lowest BCUT2D eigenvalue weighted by atomic mass is 10.2. The van der Waals surface area contributed by atoms with Gasteiger partial charge in [-0.1, -0.05) is 0 Å². The van der Waals surface area contributed by atoms with Crippen molar-refractivity contribution in [2.24, 2.45) is 0 Å². The SMILES string of the molecule is [2H]C1([2H])N(CC(=O)C(=O)CN2C([2H])([2H])C2([2H])[2H])C1([2H])[2H]. The zero-order valence-electron chi connectivity index (χ0n) is 14.1. The number of carbonyl (C=O) groups excluding carboxylic acids is 2. The highest BCUT2D eigenvalue weighted by Gasteiger charge is 2.27. The van der Waals surface area contributed by atoms with E-state index in [4.69, 9.17) is 11.0 Å². The van der Waals surface area contributed by atoms with Gasteiger partial charge in [0.25, 0.3) is 0 Å². The van der Waals surface area contributed by atoms with Crippen LogP contribution in [0.25, 0.3) is 0 Å². The third-order valence-corrected chi connectivity index (χ3v) is 1.45. The molecule has 0 aromatic carbocycles. The molecule has 2 heterocycles. The van der Waals surface area contributed by atoms with E-state index < -0.39 is 50.6 Å². The predicted octanol–water partition coefficient (Wildman–Crippen LogP) is -1.24. The Hall–Kier alpha value is -0.740. The van der Waals surface area contributed by atoms with E-state index in [0.717, 1.165) is 0 Å². The van der Waals surface area contributed by atoms with Crippen LogP contribution in [-0.4, -0.2) is 60.4 Å². The molecule has 12 heavy (non-hydrogen) atoms. The Morgan fingerprint density at radius 3 is 1.58 bits per heavy atom. The normalized spacial score (nSPS) is 49.0. The smallest absolute Gasteiger partial charge is 0.213 e. The summed E-state index contributed by atoms with van der Waals surface area (Å²) in [6.45, 7) is -10.8. The van der Waals surface area contributed by atoms with Crippen LogP contribution in [0.4, 0.5) is 0 Å². The molecule has 0 aliphatic carbocycles. The first kappa shape index (κ1) is 2.89. The number of hydrogen-bond donors (Lipinski definition) is 0. The van der Waals surface area contributed by atoms with Crippen LogP contribution in [0.15, 0.2) is 0 Å². The molecule has 0 saturated carbocycles. The van der Waals surface area contributed by atoms with Crippen LogP contribution in [0.2, 0.25) is 0 Å². The molecule has 0 amide bonds. The fraction of sp³-hybridized carbons (Fsp3) is 0.750. The van der Waals surface area contributed by atoms with E-state index in [1.54, 1.807) is 0 Å². The van der Waals surface area contributed by atoms with Gasteiger partial charge in [0.05, 0.1) is 13.1 Å². The summed E-state index contributed by atoms with van der Waals surface area (Å²) < 4.78 is 58.0. The molecule has 2 aliphatic rings. The van der Waals surface area contributed by atoms with Gasteiger partial charge in [0, 0.05) is 37.0 Å². The minimum atomic E-state index is -2.31. The monoisotopic (exact) mass is 176 g/mol. The summed E-state index contributed by atoms with van der Waals surface area (Å²) in [6, 6.07) is 0. The number of ketones is 2. The average molecular weight is 176 g/mol. The molecular formula is C8H12N2O2. The maximum atomic E-state index is 11.6. The lowest BCUT2D eigenvalue weighted by Gasteiger charge is -1.99. The van der Waals surface area contributed by atoms with Gasteiger partial charge < -0.3 is 0 Å². The molecule has 2 fully saturated rings. The Morgan fingerprint density at radius 2 is 1.33 bits per heavy atom. The van der Waals surface area contributed by atoms with Gasteiger partial charge in [-0.3, -0.25) is 19.4 Å². The van der Waals surface area contributed by atoms with Gasteiger partial charge in [-0.05, 0) is 0 Å². The van der Waals surface area contributed by atoms with E-state index in [9.17, 15) is 9.59 Å². The Morgan fingerprint density at radius 1 is 1.00 bits per heavy atom. The van der Waals surface area contributed by atoms with Crippen LogP contribution in [0.1, 0.15) is 11.0 Å². The Kier molecular flexibility index (Phi) is 0.711. The molecule has 0 atom stereocenters. The largest absolute Gasteiger partial charge is 0.293 e. The van der Waals surface area contributed by atoms with E-state index in [0.29, 0.717) is 9.80 Å². The fourth-order valence-corrected chi connectivity index (χ4v) is 0.692. The highest BCUT2D eigenvalue weighted by molar-refractivity contribution is 6.38. The fourth-order valence-electron chi connectivity index (χ4n) is 0.692. The topological polar surface area (TPSA) is 40.2 Å². The minimum Gasteiger partial charge on any atom is -0.293 e. The molecule has 4 heteroatoms. The first-order chi connectivity index (χ1) is 8.78. The molecular weight excluding hydrogens is 156 g/mol. The van der Waals surface area contributed by atoms with Crippen molar-refractivity contribution in [1.82, 2.24) is 9.80 Å². The summed E-state index contributed by atoms with van der Waals surface area (Å²) in [4.78, 5) is 24.3. The van der Waals surface area contributed by atoms with Crippen LogP contribution in [0, 0.1) is 0 Å². The van der Waals surface area contributed by atoms with Crippen LogP contribution in [0.3, 0.4) is 0 Å². The summed E-state index contributed by atoms with van der Waals surface area (Å²) in [5.41, 5.74) is 0. The molecule has 4 nitrogen and oxygen atoms in total. The quantitative estimate of drug-likeness (QED) is 0.388. The molecule has 0 N–H and O–H groups in total. The number of rotatable bonds is 5. The third-order valence-electron chi connectivity index (χ3n) is 1.45. The van der Waals surface area contributed by atoms with Crippen molar-refractivity contribution < 1.29 is 20.6 Å². The predicted molar refractivity (Wildman–Crippen MR) is 42.9 cm³/mol. The van der Waals surface area contributed by atoms with Crippen molar-refractivity contribution >= 4 is 11.6 Å². The van der Waals surface area contributed by atoms with Crippen LogP contribution < -0.4 is 0 Å². The molecule has 66 valence electrons. The van der Waals surface area contributed by atoms with Gasteiger partial charge in [-0.25, -0.2) is 0 Å². The molecule has 0 radical (unpaired) electrons. The summed E-state index contributed by atoms with van der Waals surface area (Å²) in [6.07, 6.45) is 0. The Labute approximate surface area is 82.4 Å². The highest BCUT2D eigenvalue weighted by atomic mass is 16.2. The van der Waals surface area contributed by atoms with E-state index in [2.05, 4.69) is 0 Å². The maximum Gasteiger partial charge on any atom is 0.213 e. The molecule has 2 rings (SSSR count). The van der Waals surface area contributed by atoms with Crippen LogP contribution in [-0.2, 0) is 9.59 Å². The van der Waals surface area contributed by atoms with Gasteiger partial charge in [0.2, 0.25) is 11.6 Å². The molecule has 2 aliphatic heterocycles. The first-order valence-corrected chi connectivity index (χ1v) is 3.39. The summed E-state index contributed by atoms with van der Waals surface area (Å²) in [5, 5.41) is 0. The zero-order chi connectivity index (χ0) is 15.7. The molecule has 2 saturated heterocycles. The minimum absolute atomic E-state index is 0.575. The molecule has 0 spiro atoms. The average Bonchev–Trinajstić information content (AvgIpc) is 2.84. The van der Waals surface area contributed by atoms with E-state index >= 15 is 0 Å². The lowest BCUT2D eigenvalue weighted by molar-refractivity contribution is -0.136. The van der Waals surface area contributed by atoms with Gasteiger partial charge in [-0.15, -0.1) is 0 Å². The second-order valence-electron chi connectivity index (χ2n) is 2.47. The summed E-state index contributed by atoms with van der Waals surface area (Å²) >= 11 is 0. The third kappa shape index (κ3) is 2.12. The van der Waals surface area contributed by atoms with Crippen molar-refractivity contribution in [3.63, 3.8) is 0 Å². The molecule has 0 aromatic heterocycles. The van der Waals surface area contributed by atoms with Gasteiger partial charge >= 0.3 is 0 Å². The summed E-state index contributed by atoms with van der Waals surface area (Å²) in [7, 11) is 0. The van der Waals surface area contributed by atoms with E-state index in [1.165, 1.54) is 0 Å². The Bertz CT molecular complexity index is 419. The molecule has 0 bridgehead atoms. The van der Waals surface area contributed by atoms with Crippen molar-refractivity contribution in [3.8, 4) is 0 Å². The number of nitrogens with zero attached hydrogens (tertiary/aromatic N) is 2. The molecule has 0 unspecified atom stereocenters. The second-order valence-corrected chi connectivity index (χ2v) is 2.47. The standard InChI is InChI=1S/C8H12N2O2/c11-7(5-9-1-2-9)8(12)6-10-3-4-10/h1-6H2/i1D2,2D2,3D2,4D2. The van der Waals surface area contributed by atoms with Gasteiger partial charge in [0.15, 0.2) is 0 Å². The zero-order valence-corrected chi connectivity index (χ0v) is 6.13. The van der Waals surface area contributed by atoms with Crippen molar-refractivity contribution in [3.05, 3.63) is 0 Å². The van der Waals surface area contributed by atoms with Gasteiger partial charge in [-0.2, -0.15) is 0 Å². The van der Waals surface area contributed by atoms with Gasteiger partial charge in [0.1, 0.15) is 0 Å². The second kappa shape index (κ2) is 2.95. The van der Waals surface area contributed by atoms with Crippen molar-refractivity contribution in [1.29, 1.82) is 0 Å². The van der Waals surface area contributed by atoms with Crippen molar-refractivity contribution in [2.75, 3.05) is 39.1 Å². The van der Waals surface area contributed by atoms with E-state index in [1.807, 2.05) is 0 Å². The van der Waals surface area contributed by atoms with E-state index in [-0.39, 0.29) is 0 Å². The molecule has 0 aromatic rings. The first-order valence-electron chi connectivity index (χ1n) is 7.39. The lowest BCUT2D eigenvalue weighted by Crippen LogP contribution is -2.28. The maximum absolute atomic E-state index is 11.6. The van der Waals surface area contributed by atoms with Crippen LogP contribution in [0.5, 0.6) is 0 Å². The van der Waals surface area contributed by atoms with Crippen molar-refractivity contribution in [2.45, 2.75) is 0 Å². The number of carbonyl (C=O) groups is 2. The number of Topliss-reactive ketones (excluding diaryl/α,β-unsaturated/α-hetero) is 2.